The number of urea groups is 1. The van der Waals surface area contributed by atoms with Crippen LogP contribution in [-0.4, -0.2) is 56.6 Å². The van der Waals surface area contributed by atoms with E-state index in [1.54, 1.807) is 0 Å². The van der Waals surface area contributed by atoms with E-state index in [-0.39, 0.29) is 18.9 Å². The van der Waals surface area contributed by atoms with Crippen molar-refractivity contribution in [1.82, 2.24) is 15.5 Å². The summed E-state index contributed by atoms with van der Waals surface area (Å²) in [6.07, 6.45) is 2.17. The number of rotatable bonds is 5. The van der Waals surface area contributed by atoms with Gasteiger partial charge in [-0.05, 0) is 30.5 Å². The van der Waals surface area contributed by atoms with Crippen molar-refractivity contribution in [3.8, 4) is 11.5 Å². The topological polar surface area (TPSA) is 72.1 Å². The number of carbonyl (C=O) groups excluding carboxylic acids is 1. The average Bonchev–Trinajstić information content (AvgIpc) is 3.29. The van der Waals surface area contributed by atoms with E-state index < -0.39 is 0 Å². The number of benzene rings is 1. The van der Waals surface area contributed by atoms with Crippen molar-refractivity contribution in [2.75, 3.05) is 39.6 Å². The molecule has 1 aliphatic carbocycles. The van der Waals surface area contributed by atoms with Crippen molar-refractivity contribution < 1.29 is 19.0 Å². The minimum absolute atomic E-state index is 0.0866. The fourth-order valence-electron chi connectivity index (χ4n) is 3.12. The zero-order valence-corrected chi connectivity index (χ0v) is 13.6. The molecule has 7 nitrogen and oxygen atoms in total. The van der Waals surface area contributed by atoms with E-state index in [1.807, 2.05) is 18.2 Å². The zero-order chi connectivity index (χ0) is 16.4. The van der Waals surface area contributed by atoms with Crippen molar-refractivity contribution in [3.63, 3.8) is 0 Å². The Morgan fingerprint density at radius 2 is 2.00 bits per heavy atom. The molecule has 2 amide bonds. The molecule has 2 heterocycles. The van der Waals surface area contributed by atoms with Gasteiger partial charge in [-0.1, -0.05) is 6.07 Å². The summed E-state index contributed by atoms with van der Waals surface area (Å²) in [7, 11) is 0. The van der Waals surface area contributed by atoms with Crippen molar-refractivity contribution in [3.05, 3.63) is 23.8 Å². The number of hydrogen-bond donors (Lipinski definition) is 2. The van der Waals surface area contributed by atoms with Crippen molar-refractivity contribution in [2.24, 2.45) is 0 Å². The van der Waals surface area contributed by atoms with Crippen LogP contribution in [0.2, 0.25) is 0 Å². The Hall–Kier alpha value is -1.99. The smallest absolute Gasteiger partial charge is 0.315 e. The van der Waals surface area contributed by atoms with E-state index in [4.69, 9.17) is 14.2 Å². The van der Waals surface area contributed by atoms with Crippen LogP contribution in [0.1, 0.15) is 24.4 Å². The third-order valence-electron chi connectivity index (χ3n) is 4.64. The number of ether oxygens (including phenoxy) is 3. The molecule has 0 bridgehead atoms. The molecular formula is C17H23N3O4. The highest BCUT2D eigenvalue weighted by Gasteiger charge is 2.27. The summed E-state index contributed by atoms with van der Waals surface area (Å²) in [5.74, 6) is 1.55. The normalized spacial score (nSPS) is 21.3. The van der Waals surface area contributed by atoms with Crippen LogP contribution in [0.25, 0.3) is 0 Å². The van der Waals surface area contributed by atoms with Gasteiger partial charge in [0, 0.05) is 25.7 Å². The predicted octanol–water partition coefficient (Wildman–Crippen LogP) is 1.25. The highest BCUT2D eigenvalue weighted by Crippen LogP contribution is 2.35. The second kappa shape index (κ2) is 6.86. The van der Waals surface area contributed by atoms with Crippen LogP contribution in [0, 0.1) is 0 Å². The quantitative estimate of drug-likeness (QED) is 0.848. The molecule has 2 aliphatic heterocycles. The number of amides is 2. The Labute approximate surface area is 141 Å². The molecule has 24 heavy (non-hydrogen) atoms. The zero-order valence-electron chi connectivity index (χ0n) is 13.6. The molecule has 7 heteroatoms. The van der Waals surface area contributed by atoms with E-state index in [9.17, 15) is 4.79 Å². The van der Waals surface area contributed by atoms with E-state index in [0.29, 0.717) is 12.6 Å². The monoisotopic (exact) mass is 333 g/mol. The summed E-state index contributed by atoms with van der Waals surface area (Å²) in [5, 5.41) is 5.98. The van der Waals surface area contributed by atoms with Crippen LogP contribution in [-0.2, 0) is 4.74 Å². The first-order valence-corrected chi connectivity index (χ1v) is 8.55. The molecule has 0 radical (unpaired) electrons. The van der Waals surface area contributed by atoms with Gasteiger partial charge >= 0.3 is 6.03 Å². The van der Waals surface area contributed by atoms with Gasteiger partial charge in [-0.2, -0.15) is 0 Å². The molecule has 1 saturated heterocycles. The number of carbonyl (C=O) groups is 1. The van der Waals surface area contributed by atoms with Gasteiger partial charge in [0.2, 0.25) is 6.79 Å². The summed E-state index contributed by atoms with van der Waals surface area (Å²) in [5.41, 5.74) is 1.12. The molecular weight excluding hydrogens is 310 g/mol. The Kier molecular flexibility index (Phi) is 4.44. The third kappa shape index (κ3) is 3.57. The van der Waals surface area contributed by atoms with Gasteiger partial charge in [0.05, 0.1) is 19.3 Å². The van der Waals surface area contributed by atoms with E-state index in [1.165, 1.54) is 0 Å². The lowest BCUT2D eigenvalue weighted by Crippen LogP contribution is -2.46. The van der Waals surface area contributed by atoms with Crippen molar-refractivity contribution in [1.29, 1.82) is 0 Å². The van der Waals surface area contributed by atoms with Gasteiger partial charge < -0.3 is 24.8 Å². The molecule has 1 saturated carbocycles. The van der Waals surface area contributed by atoms with Gasteiger partial charge in [0.25, 0.3) is 0 Å². The highest BCUT2D eigenvalue weighted by atomic mass is 16.7. The van der Waals surface area contributed by atoms with Gasteiger partial charge in [-0.3, -0.25) is 4.90 Å². The summed E-state index contributed by atoms with van der Waals surface area (Å²) in [6, 6.07) is 6.37. The molecule has 0 aromatic heterocycles. The molecule has 1 aromatic carbocycles. The number of fused-ring (bicyclic) bond motifs is 1. The summed E-state index contributed by atoms with van der Waals surface area (Å²) >= 11 is 0. The lowest BCUT2D eigenvalue weighted by Gasteiger charge is -2.35. The standard InChI is InChI=1S/C17H23N3O4/c21-17(19-13-2-3-13)18-10-14(20-5-7-22-8-6-20)12-1-4-15-16(9-12)24-11-23-15/h1,4,9,13-14H,2-3,5-8,10-11H2,(H2,18,19,21). The minimum atomic E-state index is -0.0866. The number of nitrogens with one attached hydrogen (secondary N) is 2. The first kappa shape index (κ1) is 15.5. The predicted molar refractivity (Wildman–Crippen MR) is 87.3 cm³/mol. The molecule has 3 aliphatic rings. The Balaban J connectivity index is 1.47. The van der Waals surface area contributed by atoms with Crippen LogP contribution < -0.4 is 20.1 Å². The Morgan fingerprint density at radius 1 is 1.21 bits per heavy atom. The second-order valence-electron chi connectivity index (χ2n) is 6.41. The molecule has 2 fully saturated rings. The first-order valence-electron chi connectivity index (χ1n) is 8.55. The van der Waals surface area contributed by atoms with Crippen LogP contribution in [0.4, 0.5) is 4.79 Å². The summed E-state index contributed by atoms with van der Waals surface area (Å²) in [4.78, 5) is 14.3. The third-order valence-corrected chi connectivity index (χ3v) is 4.64. The molecule has 4 rings (SSSR count). The van der Waals surface area contributed by atoms with E-state index in [0.717, 1.165) is 56.2 Å². The fraction of sp³-hybridized carbons (Fsp3) is 0.588. The van der Waals surface area contributed by atoms with Crippen LogP contribution in [0.5, 0.6) is 11.5 Å². The van der Waals surface area contributed by atoms with Crippen LogP contribution in [0.15, 0.2) is 18.2 Å². The largest absolute Gasteiger partial charge is 0.454 e. The molecule has 2 N–H and O–H groups in total. The number of nitrogens with zero attached hydrogens (tertiary/aromatic N) is 1. The number of hydrogen-bond acceptors (Lipinski definition) is 5. The maximum absolute atomic E-state index is 12.0. The lowest BCUT2D eigenvalue weighted by atomic mass is 10.0. The maximum atomic E-state index is 12.0. The Morgan fingerprint density at radius 3 is 2.79 bits per heavy atom. The fourth-order valence-corrected chi connectivity index (χ4v) is 3.12. The van der Waals surface area contributed by atoms with Gasteiger partial charge in [0.15, 0.2) is 11.5 Å². The summed E-state index contributed by atoms with van der Waals surface area (Å²) in [6.45, 7) is 3.96. The molecule has 1 unspecified atom stereocenters. The van der Waals surface area contributed by atoms with E-state index in [2.05, 4.69) is 15.5 Å². The molecule has 130 valence electrons. The number of morpholine rings is 1. The van der Waals surface area contributed by atoms with Gasteiger partial charge in [-0.25, -0.2) is 4.79 Å². The Bertz CT molecular complexity index is 599. The van der Waals surface area contributed by atoms with Gasteiger partial charge in [0.1, 0.15) is 0 Å². The van der Waals surface area contributed by atoms with Crippen molar-refractivity contribution in [2.45, 2.75) is 24.9 Å². The lowest BCUT2D eigenvalue weighted by molar-refractivity contribution is 0.0167. The highest BCUT2D eigenvalue weighted by molar-refractivity contribution is 5.74. The molecule has 0 spiro atoms. The van der Waals surface area contributed by atoms with Crippen LogP contribution in [0.3, 0.4) is 0 Å². The minimum Gasteiger partial charge on any atom is -0.454 e. The van der Waals surface area contributed by atoms with Gasteiger partial charge in [-0.15, -0.1) is 0 Å². The first-order chi connectivity index (χ1) is 11.8. The maximum Gasteiger partial charge on any atom is 0.315 e. The second-order valence-corrected chi connectivity index (χ2v) is 6.41. The van der Waals surface area contributed by atoms with Crippen LogP contribution >= 0.6 is 0 Å². The van der Waals surface area contributed by atoms with E-state index >= 15 is 0 Å². The SMILES string of the molecule is O=C(NCC(c1ccc2c(c1)OCO2)N1CCOCC1)NC1CC1. The van der Waals surface area contributed by atoms with Crippen molar-refractivity contribution >= 4 is 6.03 Å². The average molecular weight is 333 g/mol. The molecule has 1 atom stereocenters. The summed E-state index contributed by atoms with van der Waals surface area (Å²) < 4.78 is 16.4. The molecule has 1 aromatic rings.